The summed E-state index contributed by atoms with van der Waals surface area (Å²) < 4.78 is 10.7. The maximum atomic E-state index is 12.0. The van der Waals surface area contributed by atoms with Gasteiger partial charge < -0.3 is 9.47 Å². The average molecular weight is 365 g/mol. The second kappa shape index (κ2) is 8.60. The van der Waals surface area contributed by atoms with Crippen molar-refractivity contribution in [1.29, 1.82) is 0 Å². The van der Waals surface area contributed by atoms with Crippen LogP contribution in [-0.4, -0.2) is 30.1 Å². The van der Waals surface area contributed by atoms with Gasteiger partial charge in [-0.05, 0) is 26.0 Å². The molecule has 6 nitrogen and oxygen atoms in total. The van der Waals surface area contributed by atoms with Gasteiger partial charge >= 0.3 is 11.9 Å². The second-order valence-corrected chi connectivity index (χ2v) is 6.65. The summed E-state index contributed by atoms with van der Waals surface area (Å²) in [6, 6.07) is 6.54. The van der Waals surface area contributed by atoms with Crippen molar-refractivity contribution >= 4 is 45.3 Å². The van der Waals surface area contributed by atoms with Crippen LogP contribution in [0, 0.1) is 0 Å². The molecule has 0 amide bonds. The number of hydrogen-bond acceptors (Lipinski definition) is 8. The standard InChI is InChI=1S/C16H15NO5S2/c1-3-21-13(19)9-12(15(20)22-4-2)23-16-17-10-7-5-6-8-11(18)14(10)24-16/h5-9H,3-4H2,1-2H3/b12-9-. The summed E-state index contributed by atoms with van der Waals surface area (Å²) in [5, 5.41) is 0. The molecule has 0 saturated heterocycles. The first kappa shape index (κ1) is 18.2. The van der Waals surface area contributed by atoms with E-state index in [2.05, 4.69) is 4.98 Å². The van der Waals surface area contributed by atoms with Gasteiger partial charge in [-0.2, -0.15) is 0 Å². The summed E-state index contributed by atoms with van der Waals surface area (Å²) in [5.41, 5.74) is 0.392. The molecule has 126 valence electrons. The van der Waals surface area contributed by atoms with Crippen LogP contribution in [0.15, 0.2) is 44.4 Å². The smallest absolute Gasteiger partial charge is 0.345 e. The van der Waals surface area contributed by atoms with Crippen molar-refractivity contribution in [3.05, 3.63) is 45.5 Å². The molecule has 1 aromatic carbocycles. The summed E-state index contributed by atoms with van der Waals surface area (Å²) in [4.78, 5) is 40.0. The highest BCUT2D eigenvalue weighted by Gasteiger charge is 2.18. The van der Waals surface area contributed by atoms with Crippen molar-refractivity contribution in [3.63, 3.8) is 0 Å². The number of aromatic nitrogens is 1. The van der Waals surface area contributed by atoms with Crippen LogP contribution < -0.4 is 5.43 Å². The third-order valence-corrected chi connectivity index (χ3v) is 4.83. The molecular formula is C16H15NO5S2. The molecule has 0 radical (unpaired) electrons. The van der Waals surface area contributed by atoms with E-state index in [0.717, 1.165) is 29.2 Å². The topological polar surface area (TPSA) is 82.6 Å². The summed E-state index contributed by atoms with van der Waals surface area (Å²) in [7, 11) is 0. The van der Waals surface area contributed by atoms with Crippen LogP contribution in [-0.2, 0) is 19.1 Å². The summed E-state index contributed by atoms with van der Waals surface area (Å²) in [5.74, 6) is -1.27. The van der Waals surface area contributed by atoms with E-state index in [9.17, 15) is 14.4 Å². The lowest BCUT2D eigenvalue weighted by Crippen LogP contribution is -2.09. The number of hydrogen-bond donors (Lipinski definition) is 0. The highest BCUT2D eigenvalue weighted by molar-refractivity contribution is 8.05. The quantitative estimate of drug-likeness (QED) is 0.442. The van der Waals surface area contributed by atoms with Crippen LogP contribution in [0.2, 0.25) is 0 Å². The molecule has 1 aromatic heterocycles. The number of thiazole rings is 1. The minimum Gasteiger partial charge on any atom is -0.463 e. The van der Waals surface area contributed by atoms with Gasteiger partial charge in [-0.1, -0.05) is 23.9 Å². The zero-order chi connectivity index (χ0) is 17.5. The number of nitrogens with zero attached hydrogens (tertiary/aromatic N) is 1. The highest BCUT2D eigenvalue weighted by Crippen LogP contribution is 2.33. The van der Waals surface area contributed by atoms with E-state index in [1.54, 1.807) is 32.0 Å². The number of rotatable bonds is 6. The van der Waals surface area contributed by atoms with Crippen LogP contribution in [0.5, 0.6) is 0 Å². The summed E-state index contributed by atoms with van der Waals surface area (Å²) in [6.45, 7) is 3.73. The molecule has 0 N–H and O–H groups in total. The Hall–Kier alpha value is -2.19. The molecule has 0 fully saturated rings. The number of esters is 2. The van der Waals surface area contributed by atoms with Gasteiger partial charge in [0.05, 0.1) is 18.7 Å². The lowest BCUT2D eigenvalue weighted by Gasteiger charge is -2.04. The van der Waals surface area contributed by atoms with Crippen LogP contribution in [0.25, 0.3) is 10.2 Å². The van der Waals surface area contributed by atoms with E-state index >= 15 is 0 Å². The predicted molar refractivity (Wildman–Crippen MR) is 93.1 cm³/mol. The van der Waals surface area contributed by atoms with Crippen molar-refractivity contribution in [1.82, 2.24) is 4.98 Å². The Kier molecular flexibility index (Phi) is 6.51. The molecule has 8 heteroatoms. The molecule has 24 heavy (non-hydrogen) atoms. The molecule has 0 aliphatic heterocycles. The van der Waals surface area contributed by atoms with Gasteiger partial charge in [0.2, 0.25) is 0 Å². The summed E-state index contributed by atoms with van der Waals surface area (Å²) in [6.07, 6.45) is 1.08. The van der Waals surface area contributed by atoms with Gasteiger partial charge in [-0.25, -0.2) is 14.6 Å². The van der Waals surface area contributed by atoms with E-state index in [1.165, 1.54) is 6.07 Å². The van der Waals surface area contributed by atoms with Crippen molar-refractivity contribution in [2.75, 3.05) is 13.2 Å². The van der Waals surface area contributed by atoms with Gasteiger partial charge in [-0.3, -0.25) is 4.79 Å². The zero-order valence-corrected chi connectivity index (χ0v) is 14.7. The third-order valence-electron chi connectivity index (χ3n) is 2.68. The Morgan fingerprint density at radius 2 is 1.92 bits per heavy atom. The lowest BCUT2D eigenvalue weighted by molar-refractivity contribution is -0.140. The number of carbonyl (C=O) groups is 2. The van der Waals surface area contributed by atoms with Crippen molar-refractivity contribution in [2.45, 2.75) is 18.2 Å². The van der Waals surface area contributed by atoms with Crippen LogP contribution in [0.4, 0.5) is 0 Å². The van der Waals surface area contributed by atoms with Crippen LogP contribution in [0.1, 0.15) is 13.8 Å². The largest absolute Gasteiger partial charge is 0.463 e. The summed E-state index contributed by atoms with van der Waals surface area (Å²) >= 11 is 2.14. The number of ether oxygens (including phenoxy) is 2. The molecule has 1 heterocycles. The molecule has 0 spiro atoms. The van der Waals surface area contributed by atoms with Gasteiger partial charge in [-0.15, -0.1) is 11.3 Å². The minimum absolute atomic E-state index is 0.0613. The van der Waals surface area contributed by atoms with Gasteiger partial charge in [0.15, 0.2) is 9.77 Å². The van der Waals surface area contributed by atoms with E-state index < -0.39 is 11.9 Å². The first-order chi connectivity index (χ1) is 11.5. The SMILES string of the molecule is CCOC(=O)/C=C(\Sc1nc2ccccc(=O)c2s1)C(=O)OCC. The highest BCUT2D eigenvalue weighted by atomic mass is 32.2. The van der Waals surface area contributed by atoms with Gasteiger partial charge in [0.25, 0.3) is 0 Å². The van der Waals surface area contributed by atoms with E-state index in [1.807, 2.05) is 0 Å². The molecular weight excluding hydrogens is 350 g/mol. The van der Waals surface area contributed by atoms with Crippen molar-refractivity contribution in [2.24, 2.45) is 0 Å². The molecule has 0 saturated carbocycles. The molecule has 0 aliphatic carbocycles. The first-order valence-corrected chi connectivity index (χ1v) is 8.81. The maximum absolute atomic E-state index is 12.0. The monoisotopic (exact) mass is 365 g/mol. The predicted octanol–water partition coefficient (Wildman–Crippen LogP) is 2.76. The molecule has 0 aliphatic rings. The fourth-order valence-corrected chi connectivity index (χ4v) is 3.75. The number of carbonyl (C=O) groups excluding carboxylic acids is 2. The van der Waals surface area contributed by atoms with E-state index in [0.29, 0.717) is 14.6 Å². The van der Waals surface area contributed by atoms with Crippen molar-refractivity contribution < 1.29 is 19.1 Å². The molecule has 2 rings (SSSR count). The zero-order valence-electron chi connectivity index (χ0n) is 13.1. The van der Waals surface area contributed by atoms with Crippen LogP contribution in [0.3, 0.4) is 0 Å². The molecule has 0 unspecified atom stereocenters. The maximum Gasteiger partial charge on any atom is 0.345 e. The van der Waals surface area contributed by atoms with Gasteiger partial charge in [0.1, 0.15) is 9.61 Å². The Balaban J connectivity index is 2.36. The number of fused-ring (bicyclic) bond motifs is 1. The van der Waals surface area contributed by atoms with E-state index in [4.69, 9.17) is 9.47 Å². The molecule has 0 atom stereocenters. The Bertz CT molecular complexity index is 844. The normalized spacial score (nSPS) is 11.3. The molecule has 2 aromatic rings. The second-order valence-electron chi connectivity index (χ2n) is 4.36. The van der Waals surface area contributed by atoms with E-state index in [-0.39, 0.29) is 23.5 Å². The fourth-order valence-electron chi connectivity index (χ4n) is 1.73. The lowest BCUT2D eigenvalue weighted by atomic mass is 10.5. The molecule has 0 bridgehead atoms. The average Bonchev–Trinajstić information content (AvgIpc) is 2.86. The Morgan fingerprint density at radius 3 is 2.62 bits per heavy atom. The third kappa shape index (κ3) is 4.65. The first-order valence-electron chi connectivity index (χ1n) is 7.18. The Labute approximate surface area is 146 Å². The van der Waals surface area contributed by atoms with Crippen molar-refractivity contribution in [3.8, 4) is 0 Å². The van der Waals surface area contributed by atoms with Gasteiger partial charge in [0, 0.05) is 6.08 Å². The number of thioether (sulfide) groups is 1. The minimum atomic E-state index is -0.636. The van der Waals surface area contributed by atoms with Crippen LogP contribution >= 0.6 is 23.1 Å². The Morgan fingerprint density at radius 1 is 1.21 bits per heavy atom. The fraction of sp³-hybridized carbons (Fsp3) is 0.250.